The summed E-state index contributed by atoms with van der Waals surface area (Å²) in [5.74, 6) is 0.655. The molecule has 1 amide bonds. The van der Waals surface area contributed by atoms with Gasteiger partial charge in [0.2, 0.25) is 5.91 Å². The Morgan fingerprint density at radius 1 is 1.33 bits per heavy atom. The molecule has 0 saturated heterocycles. The van der Waals surface area contributed by atoms with Crippen LogP contribution in [0.25, 0.3) is 0 Å². The molecule has 1 aliphatic carbocycles. The third-order valence-electron chi connectivity index (χ3n) is 4.69. The van der Waals surface area contributed by atoms with E-state index in [1.165, 1.54) is 0 Å². The van der Waals surface area contributed by atoms with Crippen molar-refractivity contribution in [3.63, 3.8) is 0 Å². The molecule has 0 radical (unpaired) electrons. The second kappa shape index (κ2) is 8.34. The van der Waals surface area contributed by atoms with Crippen molar-refractivity contribution in [2.24, 2.45) is 13.0 Å². The highest BCUT2D eigenvalue weighted by atomic mass is 35.5. The van der Waals surface area contributed by atoms with Gasteiger partial charge in [-0.1, -0.05) is 31.9 Å². The molecular weight excluding hydrogens is 324 g/mol. The zero-order valence-corrected chi connectivity index (χ0v) is 16.3. The summed E-state index contributed by atoms with van der Waals surface area (Å²) in [5.41, 5.74) is 2.14. The van der Waals surface area contributed by atoms with Crippen LogP contribution < -0.4 is 10.6 Å². The van der Waals surface area contributed by atoms with Crippen molar-refractivity contribution < 1.29 is 4.79 Å². The summed E-state index contributed by atoms with van der Waals surface area (Å²) in [6.07, 6.45) is 4.08. The average molecular weight is 355 g/mol. The summed E-state index contributed by atoms with van der Waals surface area (Å²) >= 11 is 6.41. The molecule has 1 aromatic rings. The van der Waals surface area contributed by atoms with Gasteiger partial charge < -0.3 is 10.6 Å². The predicted octanol–water partition coefficient (Wildman–Crippen LogP) is 3.37. The van der Waals surface area contributed by atoms with E-state index in [-0.39, 0.29) is 17.9 Å². The maximum atomic E-state index is 12.3. The lowest BCUT2D eigenvalue weighted by molar-refractivity contribution is -0.126. The minimum atomic E-state index is 0.118. The van der Waals surface area contributed by atoms with Crippen LogP contribution in [0.5, 0.6) is 0 Å². The van der Waals surface area contributed by atoms with Crippen LogP contribution >= 0.6 is 11.6 Å². The van der Waals surface area contributed by atoms with E-state index < -0.39 is 0 Å². The molecule has 0 aromatic carbocycles. The van der Waals surface area contributed by atoms with E-state index in [2.05, 4.69) is 29.6 Å². The van der Waals surface area contributed by atoms with Gasteiger partial charge in [-0.25, -0.2) is 0 Å². The van der Waals surface area contributed by atoms with Crippen molar-refractivity contribution in [2.45, 2.75) is 77.9 Å². The Kier molecular flexibility index (Phi) is 6.70. The Labute approximate surface area is 150 Å². The molecule has 1 saturated carbocycles. The van der Waals surface area contributed by atoms with Crippen molar-refractivity contribution in [3.8, 4) is 0 Å². The fourth-order valence-corrected chi connectivity index (χ4v) is 3.66. The zero-order valence-electron chi connectivity index (χ0n) is 15.5. The number of carbonyl (C=O) groups is 1. The number of nitrogens with one attached hydrogen (secondary N) is 2. The van der Waals surface area contributed by atoms with Crippen LogP contribution in [0.1, 0.15) is 70.6 Å². The fraction of sp³-hybridized carbons (Fsp3) is 0.778. The normalized spacial score (nSPS) is 21.5. The van der Waals surface area contributed by atoms with Gasteiger partial charge in [0.15, 0.2) is 0 Å². The fourth-order valence-electron chi connectivity index (χ4n) is 3.46. The molecule has 1 aliphatic rings. The van der Waals surface area contributed by atoms with E-state index in [1.807, 2.05) is 20.9 Å². The number of carbonyl (C=O) groups excluding carboxylic acids is 1. The van der Waals surface area contributed by atoms with Crippen LogP contribution in [0.15, 0.2) is 0 Å². The second-order valence-electron chi connectivity index (χ2n) is 7.54. The van der Waals surface area contributed by atoms with Gasteiger partial charge >= 0.3 is 0 Å². The molecule has 136 valence electrons. The molecule has 24 heavy (non-hydrogen) atoms. The molecule has 6 heteroatoms. The summed E-state index contributed by atoms with van der Waals surface area (Å²) < 4.78 is 1.74. The number of hydrogen-bond acceptors (Lipinski definition) is 3. The lowest BCUT2D eigenvalue weighted by atomic mass is 9.85. The van der Waals surface area contributed by atoms with Crippen molar-refractivity contribution in [3.05, 3.63) is 16.4 Å². The molecule has 1 aromatic heterocycles. The van der Waals surface area contributed by atoms with Crippen molar-refractivity contribution in [1.82, 2.24) is 20.4 Å². The van der Waals surface area contributed by atoms with Gasteiger partial charge in [0.25, 0.3) is 0 Å². The van der Waals surface area contributed by atoms with Crippen LogP contribution in [0.3, 0.4) is 0 Å². The molecule has 2 N–H and O–H groups in total. The summed E-state index contributed by atoms with van der Waals surface area (Å²) in [7, 11) is 1.88. The van der Waals surface area contributed by atoms with E-state index in [1.54, 1.807) is 4.68 Å². The minimum Gasteiger partial charge on any atom is -0.354 e. The molecule has 1 heterocycles. The quantitative estimate of drug-likeness (QED) is 0.823. The van der Waals surface area contributed by atoms with E-state index in [0.29, 0.717) is 23.7 Å². The molecular formula is C18H31ClN4O. The molecule has 0 spiro atoms. The van der Waals surface area contributed by atoms with Crippen LogP contribution in [-0.2, 0) is 18.4 Å². The average Bonchev–Trinajstić information content (AvgIpc) is 2.80. The Balaban J connectivity index is 1.96. The first-order valence-electron chi connectivity index (χ1n) is 9.04. The van der Waals surface area contributed by atoms with Crippen LogP contribution in [-0.4, -0.2) is 27.8 Å². The molecule has 2 atom stereocenters. The summed E-state index contributed by atoms with van der Waals surface area (Å²) in [5, 5.41) is 11.9. The number of aryl methyl sites for hydroxylation is 1. The Hall–Kier alpha value is -1.07. The van der Waals surface area contributed by atoms with Gasteiger partial charge in [0.1, 0.15) is 5.15 Å². The summed E-state index contributed by atoms with van der Waals surface area (Å²) in [4.78, 5) is 12.3. The number of nitrogens with zero attached hydrogens (tertiary/aromatic N) is 2. The van der Waals surface area contributed by atoms with E-state index in [9.17, 15) is 4.79 Å². The third kappa shape index (κ3) is 4.73. The smallest absolute Gasteiger partial charge is 0.223 e. The van der Waals surface area contributed by atoms with E-state index in [4.69, 9.17) is 11.6 Å². The van der Waals surface area contributed by atoms with E-state index in [0.717, 1.165) is 36.9 Å². The number of aromatic nitrogens is 2. The van der Waals surface area contributed by atoms with Crippen molar-refractivity contribution in [2.75, 3.05) is 0 Å². The van der Waals surface area contributed by atoms with Gasteiger partial charge in [-0.3, -0.25) is 9.48 Å². The second-order valence-corrected chi connectivity index (χ2v) is 7.90. The molecule has 1 fully saturated rings. The van der Waals surface area contributed by atoms with Crippen LogP contribution in [0.2, 0.25) is 5.15 Å². The lowest BCUT2D eigenvalue weighted by Gasteiger charge is -2.29. The van der Waals surface area contributed by atoms with Crippen LogP contribution in [0, 0.1) is 5.92 Å². The Bertz CT molecular complexity index is 568. The summed E-state index contributed by atoms with van der Waals surface area (Å²) in [6, 6.07) is 0.562. The lowest BCUT2D eigenvalue weighted by Crippen LogP contribution is -2.42. The monoisotopic (exact) mass is 354 g/mol. The first-order chi connectivity index (χ1) is 11.3. The van der Waals surface area contributed by atoms with Crippen molar-refractivity contribution in [1.29, 1.82) is 0 Å². The maximum Gasteiger partial charge on any atom is 0.223 e. The first-order valence-corrected chi connectivity index (χ1v) is 9.42. The van der Waals surface area contributed by atoms with Gasteiger partial charge in [-0.05, 0) is 39.0 Å². The highest BCUT2D eigenvalue weighted by Crippen LogP contribution is 2.28. The third-order valence-corrected chi connectivity index (χ3v) is 5.16. The van der Waals surface area contributed by atoms with Crippen molar-refractivity contribution >= 4 is 17.5 Å². The topological polar surface area (TPSA) is 59.0 Å². The molecule has 5 nitrogen and oxygen atoms in total. The molecule has 0 unspecified atom stereocenters. The standard InChI is InChI=1S/C18H31ClN4O/c1-11(2)16-15(17(19)23(5)22-16)10-20-14-8-6-7-13(9-14)18(24)21-12(3)4/h11-14,20H,6-10H2,1-5H3,(H,21,24)/t13-,14-/m0/s1. The highest BCUT2D eigenvalue weighted by Gasteiger charge is 2.28. The minimum absolute atomic E-state index is 0.118. The van der Waals surface area contributed by atoms with E-state index >= 15 is 0 Å². The SMILES string of the molecule is CC(C)NC(=O)[C@H]1CCC[C@H](NCc2c(C(C)C)nn(C)c2Cl)C1. The number of amides is 1. The summed E-state index contributed by atoms with van der Waals surface area (Å²) in [6.45, 7) is 9.00. The highest BCUT2D eigenvalue weighted by molar-refractivity contribution is 6.30. The van der Waals surface area contributed by atoms with Gasteiger partial charge in [0, 0.05) is 37.2 Å². The largest absolute Gasteiger partial charge is 0.354 e. The molecule has 0 aliphatic heterocycles. The van der Waals surface area contributed by atoms with Gasteiger partial charge in [0.05, 0.1) is 5.69 Å². The zero-order chi connectivity index (χ0) is 17.9. The predicted molar refractivity (Wildman–Crippen MR) is 98.2 cm³/mol. The van der Waals surface area contributed by atoms with Gasteiger partial charge in [-0.2, -0.15) is 5.10 Å². The van der Waals surface area contributed by atoms with Crippen LogP contribution in [0.4, 0.5) is 0 Å². The molecule has 2 rings (SSSR count). The number of halogens is 1. The Morgan fingerprint density at radius 2 is 2.04 bits per heavy atom. The Morgan fingerprint density at radius 3 is 2.67 bits per heavy atom. The number of hydrogen-bond donors (Lipinski definition) is 2. The molecule has 0 bridgehead atoms. The first kappa shape index (κ1) is 19.3. The number of rotatable bonds is 6. The van der Waals surface area contributed by atoms with Gasteiger partial charge in [-0.15, -0.1) is 0 Å². The maximum absolute atomic E-state index is 12.3.